The first-order valence-electron chi connectivity index (χ1n) is 5.74. The van der Waals surface area contributed by atoms with E-state index in [2.05, 4.69) is 65.0 Å². The van der Waals surface area contributed by atoms with Gasteiger partial charge in [-0.25, -0.2) is 0 Å². The summed E-state index contributed by atoms with van der Waals surface area (Å²) in [6.45, 7) is 12.1. The highest BCUT2D eigenvalue weighted by molar-refractivity contribution is 7.70. The fraction of sp³-hybridized carbons (Fsp3) is 0.571. The maximum atomic E-state index is 2.43. The molecule has 1 aliphatic rings. The van der Waals surface area contributed by atoms with Crippen molar-refractivity contribution >= 4 is 13.2 Å². The first-order chi connectivity index (χ1) is 6.88. The summed E-state index contributed by atoms with van der Waals surface area (Å²) >= 11 is 0. The van der Waals surface area contributed by atoms with E-state index in [0.717, 1.165) is 5.92 Å². The average molecular weight is 220 g/mol. The Kier molecular flexibility index (Phi) is 2.47. The van der Waals surface area contributed by atoms with Crippen LogP contribution < -0.4 is 5.30 Å². The molecular weight excluding hydrogens is 199 g/mol. The zero-order valence-corrected chi connectivity index (χ0v) is 11.3. The standard InChI is InChI=1S/C14H21P/c1-11-13(2,3)15(14(11,4)5)12-9-7-6-8-10-12/h6-11H,1-5H3. The molecule has 0 radical (unpaired) electrons. The fourth-order valence-electron chi connectivity index (χ4n) is 3.17. The van der Waals surface area contributed by atoms with Crippen molar-refractivity contribution in [3.8, 4) is 0 Å². The SMILES string of the molecule is CC1C(C)(C)P(c2ccccc2)C1(C)C. The molecule has 0 aromatic heterocycles. The van der Waals surface area contributed by atoms with Crippen LogP contribution >= 0.6 is 7.92 Å². The molecule has 1 aromatic carbocycles. The molecule has 82 valence electrons. The Labute approximate surface area is 94.8 Å². The number of hydrogen-bond donors (Lipinski definition) is 0. The van der Waals surface area contributed by atoms with E-state index in [4.69, 9.17) is 0 Å². The second-order valence-corrected chi connectivity index (χ2v) is 9.19. The van der Waals surface area contributed by atoms with Crippen LogP contribution in [0.15, 0.2) is 30.3 Å². The van der Waals surface area contributed by atoms with Gasteiger partial charge in [0.05, 0.1) is 0 Å². The van der Waals surface area contributed by atoms with E-state index in [0.29, 0.717) is 10.3 Å². The normalized spacial score (nSPS) is 32.1. The number of rotatable bonds is 1. The van der Waals surface area contributed by atoms with Gasteiger partial charge in [-0.15, -0.1) is 0 Å². The molecule has 0 N–H and O–H groups in total. The molecule has 1 heteroatoms. The van der Waals surface area contributed by atoms with E-state index >= 15 is 0 Å². The zero-order chi connectivity index (χ0) is 11.3. The van der Waals surface area contributed by atoms with E-state index in [1.807, 2.05) is 0 Å². The molecular formula is C14H21P. The largest absolute Gasteiger partial charge is 0.0631 e. The van der Waals surface area contributed by atoms with Crippen LogP contribution in [0, 0.1) is 5.92 Å². The molecule has 2 rings (SSSR count). The van der Waals surface area contributed by atoms with Crippen LogP contribution in [0.3, 0.4) is 0 Å². The van der Waals surface area contributed by atoms with Crippen molar-refractivity contribution in [2.75, 3.05) is 0 Å². The molecule has 15 heavy (non-hydrogen) atoms. The second kappa shape index (κ2) is 3.32. The Hall–Kier alpha value is -0.350. The van der Waals surface area contributed by atoms with Crippen LogP contribution in [0.5, 0.6) is 0 Å². The van der Waals surface area contributed by atoms with E-state index in [9.17, 15) is 0 Å². The van der Waals surface area contributed by atoms with Crippen molar-refractivity contribution in [2.24, 2.45) is 5.92 Å². The molecule has 0 unspecified atom stereocenters. The molecule has 1 aliphatic heterocycles. The van der Waals surface area contributed by atoms with Gasteiger partial charge in [0.25, 0.3) is 0 Å². The Morgan fingerprint density at radius 1 is 0.933 bits per heavy atom. The van der Waals surface area contributed by atoms with Gasteiger partial charge in [-0.1, -0.05) is 72.9 Å². The Bertz CT molecular complexity index is 335. The van der Waals surface area contributed by atoms with Crippen molar-refractivity contribution in [1.29, 1.82) is 0 Å². The molecule has 0 nitrogen and oxygen atoms in total. The van der Waals surface area contributed by atoms with Gasteiger partial charge in [0.2, 0.25) is 0 Å². The highest BCUT2D eigenvalue weighted by atomic mass is 31.1. The van der Waals surface area contributed by atoms with Crippen molar-refractivity contribution in [3.05, 3.63) is 30.3 Å². The van der Waals surface area contributed by atoms with Crippen molar-refractivity contribution in [1.82, 2.24) is 0 Å². The Morgan fingerprint density at radius 2 is 1.40 bits per heavy atom. The maximum Gasteiger partial charge on any atom is -0.00718 e. The van der Waals surface area contributed by atoms with E-state index in [1.54, 1.807) is 5.30 Å². The van der Waals surface area contributed by atoms with Crippen molar-refractivity contribution in [3.63, 3.8) is 0 Å². The molecule has 1 aromatic rings. The summed E-state index contributed by atoms with van der Waals surface area (Å²) in [4.78, 5) is 0. The first kappa shape index (κ1) is 11.1. The van der Waals surface area contributed by atoms with E-state index in [-0.39, 0.29) is 7.92 Å². The summed E-state index contributed by atoms with van der Waals surface area (Å²) in [5.74, 6) is 0.816. The lowest BCUT2D eigenvalue weighted by molar-refractivity contribution is 0.308. The molecule has 1 fully saturated rings. The molecule has 1 saturated heterocycles. The molecule has 0 amide bonds. The molecule has 1 heterocycles. The van der Waals surface area contributed by atoms with Gasteiger partial charge < -0.3 is 0 Å². The summed E-state index contributed by atoms with van der Waals surface area (Å²) in [6, 6.07) is 11.1. The van der Waals surface area contributed by atoms with Gasteiger partial charge in [-0.2, -0.15) is 0 Å². The van der Waals surface area contributed by atoms with Crippen LogP contribution in [0.2, 0.25) is 0 Å². The first-order valence-corrected chi connectivity index (χ1v) is 7.08. The minimum absolute atomic E-state index is 0.0188. The third kappa shape index (κ3) is 1.46. The van der Waals surface area contributed by atoms with Gasteiger partial charge in [0.1, 0.15) is 0 Å². The van der Waals surface area contributed by atoms with Crippen LogP contribution in [-0.4, -0.2) is 10.3 Å². The summed E-state index contributed by atoms with van der Waals surface area (Å²) in [6.07, 6.45) is 0. The summed E-state index contributed by atoms with van der Waals surface area (Å²) in [5.41, 5.74) is 0. The van der Waals surface area contributed by atoms with Gasteiger partial charge in [-0.3, -0.25) is 0 Å². The Balaban J connectivity index is 2.38. The van der Waals surface area contributed by atoms with Gasteiger partial charge in [0.15, 0.2) is 0 Å². The molecule has 0 aliphatic carbocycles. The highest BCUT2D eigenvalue weighted by Gasteiger charge is 2.59. The van der Waals surface area contributed by atoms with E-state index < -0.39 is 0 Å². The van der Waals surface area contributed by atoms with Crippen molar-refractivity contribution < 1.29 is 0 Å². The van der Waals surface area contributed by atoms with Crippen LogP contribution in [0.25, 0.3) is 0 Å². The van der Waals surface area contributed by atoms with Gasteiger partial charge >= 0.3 is 0 Å². The summed E-state index contributed by atoms with van der Waals surface area (Å²) in [7, 11) is -0.0188. The predicted octanol–water partition coefficient (Wildman–Crippen LogP) is 4.00. The summed E-state index contributed by atoms with van der Waals surface area (Å²) in [5, 5.41) is 2.57. The Morgan fingerprint density at radius 3 is 1.87 bits per heavy atom. The lowest BCUT2D eigenvalue weighted by Crippen LogP contribution is -2.57. The molecule has 0 bridgehead atoms. The van der Waals surface area contributed by atoms with Crippen LogP contribution in [-0.2, 0) is 0 Å². The lowest BCUT2D eigenvalue weighted by Gasteiger charge is -2.64. The number of hydrogen-bond acceptors (Lipinski definition) is 0. The van der Waals surface area contributed by atoms with Crippen LogP contribution in [0.4, 0.5) is 0 Å². The van der Waals surface area contributed by atoms with Gasteiger partial charge in [-0.05, 0) is 21.5 Å². The topological polar surface area (TPSA) is 0 Å². The molecule has 0 saturated carbocycles. The minimum Gasteiger partial charge on any atom is -0.0631 e. The monoisotopic (exact) mass is 220 g/mol. The molecule has 0 atom stereocenters. The fourth-order valence-corrected chi connectivity index (χ4v) is 7.67. The lowest BCUT2D eigenvalue weighted by atomic mass is 9.83. The zero-order valence-electron chi connectivity index (χ0n) is 10.4. The smallest absolute Gasteiger partial charge is 0.00718 e. The van der Waals surface area contributed by atoms with Crippen LogP contribution in [0.1, 0.15) is 34.6 Å². The van der Waals surface area contributed by atoms with Gasteiger partial charge in [0, 0.05) is 0 Å². The quantitative estimate of drug-likeness (QED) is 0.627. The third-order valence-electron chi connectivity index (χ3n) is 4.29. The maximum absolute atomic E-state index is 2.43. The summed E-state index contributed by atoms with van der Waals surface area (Å²) < 4.78 is 0. The average Bonchev–Trinajstić information content (AvgIpc) is 2.17. The predicted molar refractivity (Wildman–Crippen MR) is 70.3 cm³/mol. The third-order valence-corrected chi connectivity index (χ3v) is 8.18. The minimum atomic E-state index is -0.0188. The van der Waals surface area contributed by atoms with E-state index in [1.165, 1.54) is 0 Å². The number of benzene rings is 1. The highest BCUT2D eigenvalue weighted by Crippen LogP contribution is 2.75. The van der Waals surface area contributed by atoms with Crippen molar-refractivity contribution in [2.45, 2.75) is 44.9 Å². The second-order valence-electron chi connectivity index (χ2n) is 5.70. The molecule has 0 spiro atoms.